The average molecular weight is 243 g/mol. The summed E-state index contributed by atoms with van der Waals surface area (Å²) in [7, 11) is 1.69. The van der Waals surface area contributed by atoms with Crippen LogP contribution in [0.3, 0.4) is 0 Å². The molecule has 3 atom stereocenters. The number of hydrogen-bond donors (Lipinski definition) is 2. The molecule has 0 radical (unpaired) electrons. The first-order valence-electron chi connectivity index (χ1n) is 7.01. The van der Waals surface area contributed by atoms with Crippen LogP contribution in [-0.4, -0.2) is 37.5 Å². The molecular formula is C14H29NO2. The van der Waals surface area contributed by atoms with E-state index >= 15 is 0 Å². The molecule has 0 aromatic carbocycles. The summed E-state index contributed by atoms with van der Waals surface area (Å²) in [6.45, 7) is 5.37. The minimum atomic E-state index is 0.0998. The zero-order valence-electron chi connectivity index (χ0n) is 11.6. The molecule has 0 saturated heterocycles. The van der Waals surface area contributed by atoms with Gasteiger partial charge in [0.25, 0.3) is 0 Å². The van der Waals surface area contributed by atoms with Crippen LogP contribution in [0.25, 0.3) is 0 Å². The molecule has 0 aromatic heterocycles. The molecule has 2 N–H and O–H groups in total. The Morgan fingerprint density at radius 3 is 2.71 bits per heavy atom. The first-order chi connectivity index (χ1) is 8.15. The number of hydrogen-bond acceptors (Lipinski definition) is 3. The van der Waals surface area contributed by atoms with E-state index in [1.54, 1.807) is 7.11 Å². The van der Waals surface area contributed by atoms with Crippen LogP contribution in [0, 0.1) is 11.8 Å². The second-order valence-electron chi connectivity index (χ2n) is 5.86. The van der Waals surface area contributed by atoms with Crippen LogP contribution in [0.1, 0.15) is 46.0 Å². The zero-order chi connectivity index (χ0) is 12.7. The molecule has 1 aliphatic carbocycles. The van der Waals surface area contributed by atoms with E-state index in [0.29, 0.717) is 12.6 Å². The fraction of sp³-hybridized carbons (Fsp3) is 1.00. The van der Waals surface area contributed by atoms with E-state index in [-0.39, 0.29) is 12.6 Å². The summed E-state index contributed by atoms with van der Waals surface area (Å²) in [5.41, 5.74) is 0. The first kappa shape index (κ1) is 14.9. The number of ether oxygens (including phenoxy) is 1. The summed E-state index contributed by atoms with van der Waals surface area (Å²) < 4.78 is 5.11. The normalized spacial score (nSPS) is 27.4. The largest absolute Gasteiger partial charge is 0.395 e. The molecule has 1 aliphatic rings. The molecule has 0 bridgehead atoms. The lowest BCUT2D eigenvalue weighted by Gasteiger charge is -2.33. The van der Waals surface area contributed by atoms with Crippen molar-refractivity contribution in [3.63, 3.8) is 0 Å². The lowest BCUT2D eigenvalue weighted by molar-refractivity contribution is 0.112. The van der Waals surface area contributed by atoms with E-state index < -0.39 is 0 Å². The van der Waals surface area contributed by atoms with Crippen LogP contribution in [0.4, 0.5) is 0 Å². The van der Waals surface area contributed by atoms with Gasteiger partial charge in [0.05, 0.1) is 19.3 Å². The van der Waals surface area contributed by atoms with E-state index in [1.807, 2.05) is 0 Å². The smallest absolute Gasteiger partial charge is 0.0638 e. The lowest BCUT2D eigenvalue weighted by atomic mass is 9.81. The topological polar surface area (TPSA) is 41.5 Å². The van der Waals surface area contributed by atoms with E-state index in [2.05, 4.69) is 19.2 Å². The van der Waals surface area contributed by atoms with Crippen LogP contribution in [0.5, 0.6) is 0 Å². The first-order valence-corrected chi connectivity index (χ1v) is 7.01. The summed E-state index contributed by atoms with van der Waals surface area (Å²) in [5, 5.41) is 12.8. The summed E-state index contributed by atoms with van der Waals surface area (Å²) in [6, 6.07) is 0.669. The van der Waals surface area contributed by atoms with E-state index in [9.17, 15) is 5.11 Å². The van der Waals surface area contributed by atoms with Crippen LogP contribution < -0.4 is 5.32 Å². The van der Waals surface area contributed by atoms with Gasteiger partial charge in [-0.3, -0.25) is 0 Å². The maximum absolute atomic E-state index is 9.26. The van der Waals surface area contributed by atoms with E-state index in [1.165, 1.54) is 32.1 Å². The SMILES string of the molecule is COCC(CO)NC1CCCC(CC(C)C)C1. The molecule has 3 heteroatoms. The Morgan fingerprint density at radius 2 is 2.12 bits per heavy atom. The molecule has 0 aromatic rings. The third-order valence-electron chi connectivity index (χ3n) is 3.65. The fourth-order valence-electron chi connectivity index (χ4n) is 3.01. The van der Waals surface area contributed by atoms with Gasteiger partial charge >= 0.3 is 0 Å². The third kappa shape index (κ3) is 5.84. The van der Waals surface area contributed by atoms with E-state index in [4.69, 9.17) is 4.74 Å². The van der Waals surface area contributed by atoms with Crippen molar-refractivity contribution < 1.29 is 9.84 Å². The van der Waals surface area contributed by atoms with Gasteiger partial charge in [0.1, 0.15) is 0 Å². The van der Waals surface area contributed by atoms with Crippen molar-refractivity contribution in [1.29, 1.82) is 0 Å². The molecule has 3 unspecified atom stereocenters. The molecule has 1 rings (SSSR count). The second kappa shape index (κ2) is 8.06. The van der Waals surface area contributed by atoms with Gasteiger partial charge in [-0.05, 0) is 31.1 Å². The molecule has 0 spiro atoms. The van der Waals surface area contributed by atoms with Crippen molar-refractivity contribution >= 4 is 0 Å². The van der Waals surface area contributed by atoms with Gasteiger partial charge in [-0.2, -0.15) is 0 Å². The summed E-state index contributed by atoms with van der Waals surface area (Å²) in [6.07, 6.45) is 6.55. The number of methoxy groups -OCH3 is 1. The van der Waals surface area contributed by atoms with Crippen molar-refractivity contribution in [2.45, 2.75) is 58.0 Å². The molecule has 1 fully saturated rings. The summed E-state index contributed by atoms with van der Waals surface area (Å²) >= 11 is 0. The molecule has 0 aliphatic heterocycles. The van der Waals surface area contributed by atoms with Gasteiger partial charge < -0.3 is 15.2 Å². The minimum Gasteiger partial charge on any atom is -0.395 e. The van der Waals surface area contributed by atoms with Gasteiger partial charge in [0.2, 0.25) is 0 Å². The Morgan fingerprint density at radius 1 is 1.35 bits per heavy atom. The van der Waals surface area contributed by atoms with Gasteiger partial charge in [-0.1, -0.05) is 26.7 Å². The van der Waals surface area contributed by atoms with Crippen LogP contribution >= 0.6 is 0 Å². The van der Waals surface area contributed by atoms with Gasteiger partial charge in [-0.25, -0.2) is 0 Å². The highest BCUT2D eigenvalue weighted by Gasteiger charge is 2.24. The summed E-state index contributed by atoms with van der Waals surface area (Å²) in [5.74, 6) is 1.66. The highest BCUT2D eigenvalue weighted by Crippen LogP contribution is 2.29. The standard InChI is InChI=1S/C14H29NO2/c1-11(2)7-12-5-4-6-13(8-12)15-14(9-16)10-17-3/h11-16H,4-10H2,1-3H3. The van der Waals surface area contributed by atoms with Crippen molar-refractivity contribution in [3.05, 3.63) is 0 Å². The monoisotopic (exact) mass is 243 g/mol. The molecule has 1 saturated carbocycles. The van der Waals surface area contributed by atoms with Gasteiger partial charge in [0.15, 0.2) is 0 Å². The number of aliphatic hydroxyl groups excluding tert-OH is 1. The molecule has 0 amide bonds. The predicted molar refractivity (Wildman–Crippen MR) is 71.1 cm³/mol. The number of aliphatic hydroxyl groups is 1. The Labute approximate surface area is 106 Å². The minimum absolute atomic E-state index is 0.0998. The highest BCUT2D eigenvalue weighted by molar-refractivity contribution is 4.81. The quantitative estimate of drug-likeness (QED) is 0.720. The van der Waals surface area contributed by atoms with Gasteiger partial charge in [-0.15, -0.1) is 0 Å². The number of nitrogens with one attached hydrogen (secondary N) is 1. The van der Waals surface area contributed by atoms with Gasteiger partial charge in [0, 0.05) is 13.2 Å². The lowest BCUT2D eigenvalue weighted by Crippen LogP contribution is -2.45. The Balaban J connectivity index is 2.32. The van der Waals surface area contributed by atoms with Crippen molar-refractivity contribution in [1.82, 2.24) is 5.32 Å². The highest BCUT2D eigenvalue weighted by atomic mass is 16.5. The average Bonchev–Trinajstić information content (AvgIpc) is 2.28. The van der Waals surface area contributed by atoms with Crippen molar-refractivity contribution in [2.24, 2.45) is 11.8 Å². The Kier molecular flexibility index (Phi) is 7.09. The molecule has 102 valence electrons. The fourth-order valence-corrected chi connectivity index (χ4v) is 3.01. The van der Waals surface area contributed by atoms with Crippen LogP contribution in [0.15, 0.2) is 0 Å². The molecule has 17 heavy (non-hydrogen) atoms. The second-order valence-corrected chi connectivity index (χ2v) is 5.86. The Bertz CT molecular complexity index is 197. The molecule has 3 nitrogen and oxygen atoms in total. The van der Waals surface area contributed by atoms with Crippen molar-refractivity contribution in [3.8, 4) is 0 Å². The summed E-state index contributed by atoms with van der Waals surface area (Å²) in [4.78, 5) is 0. The maximum Gasteiger partial charge on any atom is 0.0638 e. The number of rotatable bonds is 7. The van der Waals surface area contributed by atoms with E-state index in [0.717, 1.165) is 11.8 Å². The van der Waals surface area contributed by atoms with Crippen molar-refractivity contribution in [2.75, 3.05) is 20.3 Å². The van der Waals surface area contributed by atoms with Crippen LogP contribution in [-0.2, 0) is 4.74 Å². The predicted octanol–water partition coefficient (Wildman–Crippen LogP) is 2.19. The molecular weight excluding hydrogens is 214 g/mol. The molecule has 0 heterocycles. The Hall–Kier alpha value is -0.120. The zero-order valence-corrected chi connectivity index (χ0v) is 11.6. The maximum atomic E-state index is 9.26. The third-order valence-corrected chi connectivity index (χ3v) is 3.65. The van der Waals surface area contributed by atoms with Crippen LogP contribution in [0.2, 0.25) is 0 Å².